The molecular weight excluding hydrogens is 266 g/mol. The van der Waals surface area contributed by atoms with E-state index in [1.165, 1.54) is 32.2 Å². The van der Waals surface area contributed by atoms with Crippen LogP contribution in [0.5, 0.6) is 0 Å². The van der Waals surface area contributed by atoms with E-state index in [1.807, 2.05) is 0 Å². The van der Waals surface area contributed by atoms with E-state index < -0.39 is 0 Å². The molecule has 0 aromatic carbocycles. The summed E-state index contributed by atoms with van der Waals surface area (Å²) in [5.74, 6) is 0. The third-order valence-corrected chi connectivity index (χ3v) is 5.34. The van der Waals surface area contributed by atoms with Crippen LogP contribution in [-0.4, -0.2) is 86.6 Å². The third kappa shape index (κ3) is 4.63. The van der Waals surface area contributed by atoms with E-state index in [4.69, 9.17) is 9.84 Å². The molecule has 3 aliphatic rings. The van der Waals surface area contributed by atoms with Gasteiger partial charge in [0.25, 0.3) is 0 Å². The van der Waals surface area contributed by atoms with E-state index in [9.17, 15) is 0 Å². The lowest BCUT2D eigenvalue weighted by Crippen LogP contribution is -2.53. The molecule has 2 N–H and O–H groups in total. The summed E-state index contributed by atoms with van der Waals surface area (Å²) in [6.45, 7) is 9.83. The van der Waals surface area contributed by atoms with Crippen LogP contribution in [-0.2, 0) is 4.74 Å². The topological polar surface area (TPSA) is 48.0 Å². The molecule has 0 spiro atoms. The molecule has 0 amide bonds. The monoisotopic (exact) mass is 297 g/mol. The van der Waals surface area contributed by atoms with Gasteiger partial charge in [-0.25, -0.2) is 0 Å². The molecule has 21 heavy (non-hydrogen) atoms. The van der Waals surface area contributed by atoms with Crippen molar-refractivity contribution in [3.05, 3.63) is 0 Å². The van der Waals surface area contributed by atoms with Crippen LogP contribution < -0.4 is 5.32 Å². The van der Waals surface area contributed by atoms with Crippen molar-refractivity contribution in [3.8, 4) is 0 Å². The number of hydrogen-bond acceptors (Lipinski definition) is 5. The lowest BCUT2D eigenvalue weighted by molar-refractivity contribution is -0.0132. The highest BCUT2D eigenvalue weighted by Gasteiger charge is 2.36. The minimum absolute atomic E-state index is 0.284. The fraction of sp³-hybridized carbons (Fsp3) is 1.00. The number of ether oxygens (including phenoxy) is 1. The molecule has 0 aromatic heterocycles. The summed E-state index contributed by atoms with van der Waals surface area (Å²) in [7, 11) is 0. The molecule has 5 heteroatoms. The number of nitrogens with zero attached hydrogens (tertiary/aromatic N) is 2. The zero-order valence-corrected chi connectivity index (χ0v) is 13.2. The first-order valence-corrected chi connectivity index (χ1v) is 8.66. The van der Waals surface area contributed by atoms with E-state index in [2.05, 4.69) is 15.1 Å². The Kier molecular flexibility index (Phi) is 5.51. The normalized spacial score (nSPS) is 27.9. The van der Waals surface area contributed by atoms with Crippen LogP contribution in [0.3, 0.4) is 0 Å². The summed E-state index contributed by atoms with van der Waals surface area (Å²) in [5, 5.41) is 12.8. The van der Waals surface area contributed by atoms with Crippen LogP contribution in [0.15, 0.2) is 0 Å². The Labute approximate surface area is 128 Å². The number of hydrogen-bond donors (Lipinski definition) is 2. The summed E-state index contributed by atoms with van der Waals surface area (Å²) < 4.78 is 5.60. The summed E-state index contributed by atoms with van der Waals surface area (Å²) in [6.07, 6.45) is 5.13. The van der Waals surface area contributed by atoms with Crippen molar-refractivity contribution in [2.75, 3.05) is 65.6 Å². The van der Waals surface area contributed by atoms with E-state index in [0.717, 1.165) is 58.5 Å². The molecule has 0 unspecified atom stereocenters. The minimum Gasteiger partial charge on any atom is -0.395 e. The lowest BCUT2D eigenvalue weighted by Gasteiger charge is -2.44. The average Bonchev–Trinajstić information content (AvgIpc) is 3.33. The predicted molar refractivity (Wildman–Crippen MR) is 83.5 cm³/mol. The first-order chi connectivity index (χ1) is 10.3. The molecule has 122 valence electrons. The van der Waals surface area contributed by atoms with Crippen molar-refractivity contribution in [1.82, 2.24) is 15.1 Å². The van der Waals surface area contributed by atoms with Crippen LogP contribution in [0.1, 0.15) is 25.7 Å². The van der Waals surface area contributed by atoms with Crippen molar-refractivity contribution in [2.24, 2.45) is 5.41 Å². The number of β-amino-alcohol motifs (C(OH)–C–C–N with tert-alkyl or cyclic N) is 1. The maximum atomic E-state index is 9.04. The second-order valence-electron chi connectivity index (χ2n) is 7.11. The molecule has 3 rings (SSSR count). The molecule has 3 fully saturated rings. The van der Waals surface area contributed by atoms with E-state index in [1.54, 1.807) is 0 Å². The van der Waals surface area contributed by atoms with Crippen LogP contribution in [0.2, 0.25) is 0 Å². The lowest BCUT2D eigenvalue weighted by atomic mass is 9.79. The van der Waals surface area contributed by atoms with Gasteiger partial charge in [0.05, 0.1) is 6.61 Å². The summed E-state index contributed by atoms with van der Waals surface area (Å²) >= 11 is 0. The molecule has 1 saturated carbocycles. The summed E-state index contributed by atoms with van der Waals surface area (Å²) in [6, 6.07) is 0.797. The molecule has 2 saturated heterocycles. The quantitative estimate of drug-likeness (QED) is 0.700. The van der Waals surface area contributed by atoms with E-state index >= 15 is 0 Å². The first-order valence-electron chi connectivity index (χ1n) is 8.66. The number of aliphatic hydroxyl groups is 1. The molecule has 0 atom stereocenters. The van der Waals surface area contributed by atoms with Crippen LogP contribution >= 0.6 is 0 Å². The molecule has 2 heterocycles. The Morgan fingerprint density at radius 2 is 1.71 bits per heavy atom. The minimum atomic E-state index is 0.284. The Bertz CT molecular complexity index is 309. The predicted octanol–water partition coefficient (Wildman–Crippen LogP) is 0.145. The first kappa shape index (κ1) is 15.7. The Morgan fingerprint density at radius 1 is 1.05 bits per heavy atom. The van der Waals surface area contributed by atoms with Gasteiger partial charge in [0.15, 0.2) is 0 Å². The number of rotatable bonds is 7. The molecule has 0 bridgehead atoms. The molecule has 0 aromatic rings. The Hall–Kier alpha value is -0.200. The van der Waals surface area contributed by atoms with Crippen molar-refractivity contribution < 1.29 is 9.84 Å². The van der Waals surface area contributed by atoms with Gasteiger partial charge in [0.2, 0.25) is 0 Å². The van der Waals surface area contributed by atoms with Gasteiger partial charge in [-0.3, -0.25) is 4.90 Å². The Balaban J connectivity index is 1.49. The van der Waals surface area contributed by atoms with Gasteiger partial charge in [-0.2, -0.15) is 0 Å². The van der Waals surface area contributed by atoms with Crippen LogP contribution in [0, 0.1) is 5.41 Å². The zero-order valence-electron chi connectivity index (χ0n) is 13.2. The molecule has 0 radical (unpaired) electrons. The maximum Gasteiger partial charge on any atom is 0.0558 e. The highest BCUT2D eigenvalue weighted by Crippen LogP contribution is 2.32. The highest BCUT2D eigenvalue weighted by molar-refractivity contribution is 4.92. The fourth-order valence-corrected chi connectivity index (χ4v) is 3.63. The highest BCUT2D eigenvalue weighted by atomic mass is 16.5. The number of aliphatic hydroxyl groups excluding tert-OH is 1. The van der Waals surface area contributed by atoms with Gasteiger partial charge >= 0.3 is 0 Å². The average molecular weight is 297 g/mol. The van der Waals surface area contributed by atoms with Gasteiger partial charge in [-0.05, 0) is 31.1 Å². The molecule has 5 nitrogen and oxygen atoms in total. The standard InChI is InChI=1S/C16H31N3O2/c20-10-9-18-5-7-19(8-6-18)14-16(3-11-21-12-4-16)13-17-15-1-2-15/h15,17,20H,1-14H2. The van der Waals surface area contributed by atoms with Crippen molar-refractivity contribution in [1.29, 1.82) is 0 Å². The Morgan fingerprint density at radius 3 is 2.33 bits per heavy atom. The smallest absolute Gasteiger partial charge is 0.0558 e. The largest absolute Gasteiger partial charge is 0.395 e. The van der Waals surface area contributed by atoms with Crippen molar-refractivity contribution in [3.63, 3.8) is 0 Å². The van der Waals surface area contributed by atoms with E-state index in [-0.39, 0.29) is 6.61 Å². The van der Waals surface area contributed by atoms with Crippen molar-refractivity contribution in [2.45, 2.75) is 31.7 Å². The number of piperazine rings is 1. The molecular formula is C16H31N3O2. The van der Waals surface area contributed by atoms with Gasteiger partial charge in [0.1, 0.15) is 0 Å². The second kappa shape index (κ2) is 7.38. The van der Waals surface area contributed by atoms with Gasteiger partial charge < -0.3 is 20.1 Å². The van der Waals surface area contributed by atoms with Gasteiger partial charge in [-0.1, -0.05) is 0 Å². The second-order valence-corrected chi connectivity index (χ2v) is 7.11. The van der Waals surface area contributed by atoms with Gasteiger partial charge in [0, 0.05) is 65.1 Å². The zero-order chi connectivity index (χ0) is 14.5. The van der Waals surface area contributed by atoms with Crippen LogP contribution in [0.25, 0.3) is 0 Å². The fourth-order valence-electron chi connectivity index (χ4n) is 3.63. The van der Waals surface area contributed by atoms with Gasteiger partial charge in [-0.15, -0.1) is 0 Å². The molecule has 2 aliphatic heterocycles. The maximum absolute atomic E-state index is 9.04. The summed E-state index contributed by atoms with van der Waals surface area (Å²) in [4.78, 5) is 5.00. The number of nitrogens with one attached hydrogen (secondary N) is 1. The summed E-state index contributed by atoms with van der Waals surface area (Å²) in [5.41, 5.74) is 0.417. The van der Waals surface area contributed by atoms with Crippen molar-refractivity contribution >= 4 is 0 Å². The molecule has 1 aliphatic carbocycles. The van der Waals surface area contributed by atoms with Crippen LogP contribution in [0.4, 0.5) is 0 Å². The third-order valence-electron chi connectivity index (χ3n) is 5.34. The SMILES string of the molecule is OCCN1CCN(CC2(CNC3CC3)CCOCC2)CC1. The van der Waals surface area contributed by atoms with E-state index in [0.29, 0.717) is 5.41 Å².